The molecule has 5 heteroatoms. The Morgan fingerprint density at radius 1 is 1.33 bits per heavy atom. The third-order valence-electron chi connectivity index (χ3n) is 3.94. The molecule has 0 saturated carbocycles. The van der Waals surface area contributed by atoms with Gasteiger partial charge in [-0.1, -0.05) is 20.3 Å². The number of piperidine rings is 1. The van der Waals surface area contributed by atoms with Crippen molar-refractivity contribution in [3.05, 3.63) is 36.7 Å². The third kappa shape index (κ3) is 5.81. The highest BCUT2D eigenvalue weighted by atomic mass is 16.3. The smallest absolute Gasteiger partial charge is 0.237 e. The molecule has 0 radical (unpaired) electrons. The minimum atomic E-state index is 0.0625. The van der Waals surface area contributed by atoms with E-state index in [-0.39, 0.29) is 11.9 Å². The van der Waals surface area contributed by atoms with Crippen LogP contribution in [0.1, 0.15) is 33.1 Å². The van der Waals surface area contributed by atoms with E-state index in [0.29, 0.717) is 11.7 Å². The molecule has 3 rings (SSSR count). The normalized spacial score (nSPS) is 17.2. The van der Waals surface area contributed by atoms with Gasteiger partial charge in [-0.25, -0.2) is 0 Å². The largest absolute Gasteiger partial charge is 0.508 e. The number of rotatable bonds is 3. The second kappa shape index (κ2) is 9.23. The van der Waals surface area contributed by atoms with Gasteiger partial charge >= 0.3 is 0 Å². The SMILES string of the molecule is CC(C)CNC(=O)C1CCCCN1.Oc1ccc2cnccc2c1. The fourth-order valence-electron chi connectivity index (χ4n) is 2.57. The minimum absolute atomic E-state index is 0.0625. The number of phenolic OH excluding ortho intramolecular Hbond substituents is 1. The van der Waals surface area contributed by atoms with Crippen molar-refractivity contribution in [3.8, 4) is 5.75 Å². The van der Waals surface area contributed by atoms with Crippen molar-refractivity contribution in [2.75, 3.05) is 13.1 Å². The molecule has 2 heterocycles. The number of pyridine rings is 1. The van der Waals surface area contributed by atoms with E-state index in [1.807, 2.05) is 12.1 Å². The number of nitrogens with one attached hydrogen (secondary N) is 2. The lowest BCUT2D eigenvalue weighted by Gasteiger charge is -2.22. The lowest BCUT2D eigenvalue weighted by Crippen LogP contribution is -2.47. The summed E-state index contributed by atoms with van der Waals surface area (Å²) in [5.74, 6) is 1.00. The number of phenols is 1. The lowest BCUT2D eigenvalue weighted by molar-refractivity contribution is -0.123. The number of fused-ring (bicyclic) bond motifs is 1. The Morgan fingerprint density at radius 3 is 2.88 bits per heavy atom. The predicted molar refractivity (Wildman–Crippen MR) is 96.9 cm³/mol. The van der Waals surface area contributed by atoms with Crippen LogP contribution in [0, 0.1) is 5.92 Å². The molecule has 5 nitrogen and oxygen atoms in total. The molecule has 1 unspecified atom stereocenters. The van der Waals surface area contributed by atoms with Crippen LogP contribution in [0.3, 0.4) is 0 Å². The van der Waals surface area contributed by atoms with Gasteiger partial charge in [0.15, 0.2) is 0 Å². The maximum atomic E-state index is 11.5. The molecular formula is C19H27N3O2. The molecule has 24 heavy (non-hydrogen) atoms. The van der Waals surface area contributed by atoms with E-state index in [1.54, 1.807) is 24.5 Å². The van der Waals surface area contributed by atoms with Crippen LogP contribution in [0.5, 0.6) is 5.75 Å². The van der Waals surface area contributed by atoms with Crippen molar-refractivity contribution < 1.29 is 9.90 Å². The Labute approximate surface area is 143 Å². The van der Waals surface area contributed by atoms with Gasteiger partial charge in [0, 0.05) is 24.3 Å². The number of hydrogen-bond donors (Lipinski definition) is 3. The van der Waals surface area contributed by atoms with Crippen LogP contribution in [0.25, 0.3) is 10.8 Å². The summed E-state index contributed by atoms with van der Waals surface area (Å²) in [7, 11) is 0. The average Bonchev–Trinajstić information content (AvgIpc) is 2.61. The van der Waals surface area contributed by atoms with Gasteiger partial charge in [0.25, 0.3) is 0 Å². The Kier molecular flexibility index (Phi) is 7.00. The number of nitrogens with zero attached hydrogens (tertiary/aromatic N) is 1. The van der Waals surface area contributed by atoms with Gasteiger partial charge in [0.05, 0.1) is 6.04 Å². The number of aromatic hydroxyl groups is 1. The highest BCUT2D eigenvalue weighted by molar-refractivity contribution is 5.82. The molecule has 1 fully saturated rings. The van der Waals surface area contributed by atoms with Crippen molar-refractivity contribution in [1.82, 2.24) is 15.6 Å². The molecule has 1 aromatic heterocycles. The summed E-state index contributed by atoms with van der Waals surface area (Å²) in [5.41, 5.74) is 0. The van der Waals surface area contributed by atoms with Gasteiger partial charge in [0.2, 0.25) is 5.91 Å². The van der Waals surface area contributed by atoms with Gasteiger partial charge in [-0.15, -0.1) is 0 Å². The van der Waals surface area contributed by atoms with E-state index >= 15 is 0 Å². The molecule has 1 aliphatic heterocycles. The zero-order valence-electron chi connectivity index (χ0n) is 14.5. The second-order valence-electron chi connectivity index (χ2n) is 6.55. The third-order valence-corrected chi connectivity index (χ3v) is 3.94. The summed E-state index contributed by atoms with van der Waals surface area (Å²) >= 11 is 0. The summed E-state index contributed by atoms with van der Waals surface area (Å²) in [6.07, 6.45) is 6.85. The van der Waals surface area contributed by atoms with E-state index in [2.05, 4.69) is 29.5 Å². The Balaban J connectivity index is 0.000000175. The summed E-state index contributed by atoms with van der Waals surface area (Å²) in [4.78, 5) is 15.5. The first-order valence-corrected chi connectivity index (χ1v) is 8.60. The van der Waals surface area contributed by atoms with Crippen LogP contribution in [0.4, 0.5) is 0 Å². The molecule has 1 aliphatic rings. The van der Waals surface area contributed by atoms with E-state index in [0.717, 1.165) is 30.3 Å². The van der Waals surface area contributed by atoms with Crippen molar-refractivity contribution in [2.24, 2.45) is 5.92 Å². The first-order valence-electron chi connectivity index (χ1n) is 8.60. The van der Waals surface area contributed by atoms with Crippen molar-refractivity contribution >= 4 is 16.7 Å². The van der Waals surface area contributed by atoms with Gasteiger partial charge in [-0.3, -0.25) is 9.78 Å². The lowest BCUT2D eigenvalue weighted by atomic mass is 10.0. The number of carbonyl (C=O) groups is 1. The predicted octanol–water partition coefficient (Wildman–Crippen LogP) is 2.84. The van der Waals surface area contributed by atoms with E-state index < -0.39 is 0 Å². The summed E-state index contributed by atoms with van der Waals surface area (Å²) in [6.45, 7) is 5.99. The number of amides is 1. The van der Waals surface area contributed by atoms with Crippen molar-refractivity contribution in [1.29, 1.82) is 0 Å². The van der Waals surface area contributed by atoms with Gasteiger partial charge in [-0.2, -0.15) is 0 Å². The zero-order chi connectivity index (χ0) is 17.4. The quantitative estimate of drug-likeness (QED) is 0.809. The maximum Gasteiger partial charge on any atom is 0.237 e. The van der Waals surface area contributed by atoms with E-state index in [4.69, 9.17) is 5.11 Å². The summed E-state index contributed by atoms with van der Waals surface area (Å²) in [5, 5.41) is 17.4. The van der Waals surface area contributed by atoms with E-state index in [9.17, 15) is 4.79 Å². The summed E-state index contributed by atoms with van der Waals surface area (Å²) < 4.78 is 0. The molecule has 1 atom stereocenters. The molecule has 0 spiro atoms. The Morgan fingerprint density at radius 2 is 2.17 bits per heavy atom. The summed E-state index contributed by atoms with van der Waals surface area (Å²) in [6, 6.07) is 7.15. The highest BCUT2D eigenvalue weighted by Gasteiger charge is 2.19. The first kappa shape index (κ1) is 18.2. The fourth-order valence-corrected chi connectivity index (χ4v) is 2.57. The minimum Gasteiger partial charge on any atom is -0.508 e. The highest BCUT2D eigenvalue weighted by Crippen LogP contribution is 2.17. The molecule has 1 saturated heterocycles. The molecule has 0 bridgehead atoms. The van der Waals surface area contributed by atoms with Crippen LogP contribution in [0.2, 0.25) is 0 Å². The van der Waals surface area contributed by atoms with Crippen molar-refractivity contribution in [2.45, 2.75) is 39.2 Å². The molecule has 2 aromatic rings. The molecule has 130 valence electrons. The average molecular weight is 329 g/mol. The van der Waals surface area contributed by atoms with Crippen molar-refractivity contribution in [3.63, 3.8) is 0 Å². The topological polar surface area (TPSA) is 74.2 Å². The maximum absolute atomic E-state index is 11.5. The van der Waals surface area contributed by atoms with Crippen LogP contribution in [-0.2, 0) is 4.79 Å². The van der Waals surface area contributed by atoms with Crippen LogP contribution < -0.4 is 10.6 Å². The first-order chi connectivity index (χ1) is 11.6. The fraction of sp³-hybridized carbons (Fsp3) is 0.474. The zero-order valence-corrected chi connectivity index (χ0v) is 14.5. The molecule has 1 amide bonds. The molecule has 0 aliphatic carbocycles. The number of benzene rings is 1. The molecule has 1 aromatic carbocycles. The second-order valence-corrected chi connectivity index (χ2v) is 6.55. The molecular weight excluding hydrogens is 302 g/mol. The molecule has 3 N–H and O–H groups in total. The van der Waals surface area contributed by atoms with Gasteiger partial charge in [0.1, 0.15) is 5.75 Å². The number of hydrogen-bond acceptors (Lipinski definition) is 4. The van der Waals surface area contributed by atoms with E-state index in [1.165, 1.54) is 12.8 Å². The van der Waals surface area contributed by atoms with Crippen LogP contribution in [0.15, 0.2) is 36.7 Å². The van der Waals surface area contributed by atoms with Crippen LogP contribution in [-0.4, -0.2) is 35.1 Å². The standard InChI is InChI=1S/C10H20N2O.C9H7NO/c1-8(2)7-12-10(13)9-5-3-4-6-11-9;11-9-2-1-8-6-10-4-3-7(8)5-9/h8-9,11H,3-7H2,1-2H3,(H,12,13);1-6,11H. The Hall–Kier alpha value is -2.14. The number of carbonyl (C=O) groups excluding carboxylic acids is 1. The number of aromatic nitrogens is 1. The Bertz CT molecular complexity index is 652. The van der Waals surface area contributed by atoms with Gasteiger partial charge in [-0.05, 0) is 55.0 Å². The van der Waals surface area contributed by atoms with Crippen LogP contribution >= 0.6 is 0 Å². The monoisotopic (exact) mass is 329 g/mol. The van der Waals surface area contributed by atoms with Gasteiger partial charge < -0.3 is 15.7 Å².